The van der Waals surface area contributed by atoms with E-state index in [0.717, 1.165) is 108 Å². The molecule has 51 heavy (non-hydrogen) atoms. The molecule has 8 rings (SSSR count). The molecule has 1 saturated carbocycles. The van der Waals surface area contributed by atoms with Crippen LogP contribution >= 0.6 is 11.6 Å². The average molecular weight is 737 g/mol. The van der Waals surface area contributed by atoms with Gasteiger partial charge in [0.1, 0.15) is 5.75 Å². The Morgan fingerprint density at radius 2 is 1.92 bits per heavy atom. The highest BCUT2D eigenvalue weighted by molar-refractivity contribution is 7.99. The van der Waals surface area contributed by atoms with E-state index in [0.29, 0.717) is 36.0 Å². The second-order valence-electron chi connectivity index (χ2n) is 16.8. The number of piperazine rings is 1. The van der Waals surface area contributed by atoms with Crippen molar-refractivity contribution < 1.29 is 18.5 Å². The molecule has 278 valence electrons. The van der Waals surface area contributed by atoms with Gasteiger partial charge in [0, 0.05) is 73.1 Å². The first kappa shape index (κ1) is 35.7. The van der Waals surface area contributed by atoms with Crippen LogP contribution in [0.4, 0.5) is 5.69 Å². The summed E-state index contributed by atoms with van der Waals surface area (Å²) in [6, 6.07) is 12.7. The lowest BCUT2D eigenvalue weighted by Gasteiger charge is -2.49. The van der Waals surface area contributed by atoms with Gasteiger partial charge in [-0.2, -0.15) is 0 Å². The van der Waals surface area contributed by atoms with Crippen LogP contribution in [0.15, 0.2) is 36.4 Å². The van der Waals surface area contributed by atoms with E-state index in [-0.39, 0.29) is 22.5 Å². The van der Waals surface area contributed by atoms with Crippen molar-refractivity contribution in [3.8, 4) is 5.75 Å². The van der Waals surface area contributed by atoms with Crippen LogP contribution < -0.4 is 14.4 Å². The molecule has 2 saturated heterocycles. The monoisotopic (exact) mass is 736 g/mol. The minimum absolute atomic E-state index is 0.173. The number of hydrogen-bond acceptors (Lipinski definition) is 7. The lowest BCUT2D eigenvalue weighted by Crippen LogP contribution is -2.59. The number of nitrogens with one attached hydrogen (secondary N) is 1. The van der Waals surface area contributed by atoms with Crippen molar-refractivity contribution in [1.29, 1.82) is 0 Å². The van der Waals surface area contributed by atoms with Gasteiger partial charge in [0.15, 0.2) is 0 Å². The number of hydrogen-bond donors (Lipinski definition) is 1. The zero-order chi connectivity index (χ0) is 35.3. The van der Waals surface area contributed by atoms with E-state index >= 15 is 0 Å². The van der Waals surface area contributed by atoms with E-state index in [1.54, 1.807) is 0 Å². The Kier molecular flexibility index (Phi) is 10.2. The molecule has 8 atom stereocenters. The molecular weight excluding hydrogens is 680 g/mol. The Balaban J connectivity index is 1.14. The van der Waals surface area contributed by atoms with Crippen LogP contribution in [0.2, 0.25) is 5.02 Å². The van der Waals surface area contributed by atoms with Gasteiger partial charge in [-0.3, -0.25) is 14.4 Å². The van der Waals surface area contributed by atoms with Gasteiger partial charge in [0.25, 0.3) is 5.91 Å². The van der Waals surface area contributed by atoms with Gasteiger partial charge >= 0.3 is 0 Å². The first-order chi connectivity index (χ1) is 24.6. The van der Waals surface area contributed by atoms with Crippen LogP contribution in [0.1, 0.15) is 80.3 Å². The van der Waals surface area contributed by atoms with Gasteiger partial charge < -0.3 is 19.3 Å². The van der Waals surface area contributed by atoms with Gasteiger partial charge in [0.05, 0.1) is 35.2 Å². The quantitative estimate of drug-likeness (QED) is 0.377. The van der Waals surface area contributed by atoms with Crippen molar-refractivity contribution in [1.82, 2.24) is 14.5 Å². The molecule has 0 radical (unpaired) electrons. The Hall–Kier alpha value is -2.30. The fourth-order valence-electron chi connectivity index (χ4n) is 10.4. The maximum Gasteiger partial charge on any atom is 0.262 e. The van der Waals surface area contributed by atoms with Crippen molar-refractivity contribution in [2.24, 2.45) is 23.7 Å². The summed E-state index contributed by atoms with van der Waals surface area (Å²) in [5, 5.41) is 0.555. The molecular formula is C41H57ClN4O4S. The van der Waals surface area contributed by atoms with Gasteiger partial charge in [-0.15, -0.1) is 0 Å². The minimum Gasteiger partial charge on any atom is -0.490 e. The Bertz CT molecular complexity index is 1720. The third-order valence-corrected chi connectivity index (χ3v) is 16.2. The number of ether oxygens (including phenoxy) is 2. The number of rotatable bonds is 2. The summed E-state index contributed by atoms with van der Waals surface area (Å²) >= 11 is 6.52. The number of halogens is 1. The fraction of sp³-hybridized carbons (Fsp3) is 0.659. The predicted octanol–water partition coefficient (Wildman–Crippen LogP) is 6.04. The smallest absolute Gasteiger partial charge is 0.262 e. The molecule has 1 N–H and O–H groups in total. The normalized spacial score (nSPS) is 36.5. The summed E-state index contributed by atoms with van der Waals surface area (Å²) in [5.74, 6) is 6.61. The first-order valence-corrected chi connectivity index (χ1v) is 21.8. The van der Waals surface area contributed by atoms with Crippen LogP contribution in [0.5, 0.6) is 5.75 Å². The molecule has 4 aliphatic heterocycles. The second kappa shape index (κ2) is 14.5. The topological polar surface area (TPSA) is 74.4 Å². The summed E-state index contributed by atoms with van der Waals surface area (Å²) in [6.45, 7) is 13.8. The largest absolute Gasteiger partial charge is 0.490 e. The number of carbonyl (C=O) groups excluding carboxylic acids is 1. The molecule has 2 bridgehead atoms. The summed E-state index contributed by atoms with van der Waals surface area (Å²) in [7, 11) is -2.87. The number of anilines is 1. The molecule has 2 aliphatic carbocycles. The van der Waals surface area contributed by atoms with Gasteiger partial charge in [0.2, 0.25) is 0 Å². The highest BCUT2D eigenvalue weighted by Gasteiger charge is 2.45. The molecule has 3 fully saturated rings. The highest BCUT2D eigenvalue weighted by Crippen LogP contribution is 2.48. The molecule has 8 nitrogen and oxygen atoms in total. The SMILES string of the molecule is C=S1(=O)NC(=O)c2ccc3c(c2)N(C[C@@H]2CC[C@H]2[C@@H](CN2CCN4CCOC[C@H]4C2)CCC[C@H](C)[C@H]1C)C[C@@]1(CCCc2cc(Cl)ccc21)CO3. The first-order valence-electron chi connectivity index (χ1n) is 19.6. The van der Waals surface area contributed by atoms with E-state index in [4.69, 9.17) is 21.1 Å². The molecule has 10 heteroatoms. The number of morpholine rings is 1. The van der Waals surface area contributed by atoms with E-state index in [2.05, 4.69) is 44.3 Å². The Morgan fingerprint density at radius 1 is 1.04 bits per heavy atom. The minimum atomic E-state index is -2.87. The van der Waals surface area contributed by atoms with Crippen LogP contribution in [-0.4, -0.2) is 103 Å². The summed E-state index contributed by atoms with van der Waals surface area (Å²) in [6.07, 6.45) is 8.93. The Morgan fingerprint density at radius 3 is 2.76 bits per heavy atom. The molecule has 1 spiro atoms. The summed E-state index contributed by atoms with van der Waals surface area (Å²) in [4.78, 5) is 21.7. The van der Waals surface area contributed by atoms with E-state index in [1.165, 1.54) is 30.4 Å². The maximum absolute atomic E-state index is 14.0. The number of aryl methyl sites for hydroxylation is 1. The molecule has 1 amide bonds. The zero-order valence-electron chi connectivity index (χ0n) is 30.6. The van der Waals surface area contributed by atoms with Gasteiger partial charge in [-0.25, -0.2) is 4.21 Å². The number of benzene rings is 2. The number of amides is 1. The fourth-order valence-corrected chi connectivity index (χ4v) is 12.0. The van der Waals surface area contributed by atoms with Crippen molar-refractivity contribution in [3.05, 3.63) is 58.1 Å². The molecule has 0 aromatic heterocycles. The zero-order valence-corrected chi connectivity index (χ0v) is 32.2. The van der Waals surface area contributed by atoms with Gasteiger partial charge in [-0.05, 0) is 123 Å². The van der Waals surface area contributed by atoms with Crippen LogP contribution in [0.25, 0.3) is 0 Å². The van der Waals surface area contributed by atoms with Crippen molar-refractivity contribution in [2.75, 3.05) is 70.5 Å². The Labute approximate surface area is 310 Å². The number of carbonyl (C=O) groups is 1. The standard InChI is InChI=1S/C41H57ClN4O4S/c1-28-6-4-7-32(22-44-16-17-45-18-19-49-25-35(45)24-44)36-12-9-33(36)23-46-26-41(15-5-8-30-20-34(42)11-13-37(30)41)27-50-39-14-10-31(21-38(39)46)40(47)43-51(3,48)29(28)2/h10-11,13-14,20-21,28-29,32-33,35-36H,3-9,12,15-19,22-27H2,1-2H3,(H,43,47,48)/t28-,29+,32+,33-,35+,36-,41-,51?/m0/s1. The number of nitrogens with zero attached hydrogens (tertiary/aromatic N) is 3. The third kappa shape index (κ3) is 7.19. The molecule has 2 aromatic rings. The predicted molar refractivity (Wildman–Crippen MR) is 208 cm³/mol. The molecule has 6 aliphatic rings. The van der Waals surface area contributed by atoms with Crippen molar-refractivity contribution in [3.63, 3.8) is 0 Å². The van der Waals surface area contributed by atoms with E-state index in [1.807, 2.05) is 31.2 Å². The average Bonchev–Trinajstić information content (AvgIpc) is 3.25. The summed E-state index contributed by atoms with van der Waals surface area (Å²) in [5.41, 5.74) is 3.99. The van der Waals surface area contributed by atoms with Crippen LogP contribution in [0, 0.1) is 23.7 Å². The highest BCUT2D eigenvalue weighted by atomic mass is 35.5. The van der Waals surface area contributed by atoms with Crippen LogP contribution in [-0.2, 0) is 26.3 Å². The molecule has 1 unspecified atom stereocenters. The lowest BCUT2D eigenvalue weighted by atomic mass is 9.65. The maximum atomic E-state index is 14.0. The van der Waals surface area contributed by atoms with E-state index < -0.39 is 9.71 Å². The summed E-state index contributed by atoms with van der Waals surface area (Å²) < 4.78 is 29.5. The van der Waals surface area contributed by atoms with Crippen molar-refractivity contribution >= 4 is 38.8 Å². The van der Waals surface area contributed by atoms with Crippen LogP contribution in [0.3, 0.4) is 0 Å². The molecule has 2 aromatic carbocycles. The van der Waals surface area contributed by atoms with Crippen molar-refractivity contribution in [2.45, 2.75) is 81.9 Å². The second-order valence-corrected chi connectivity index (χ2v) is 19.7. The lowest BCUT2D eigenvalue weighted by molar-refractivity contribution is -0.0519. The molecule has 4 heterocycles. The van der Waals surface area contributed by atoms with Gasteiger partial charge in [-0.1, -0.05) is 31.0 Å². The number of fused-ring (bicyclic) bond motifs is 5. The van der Waals surface area contributed by atoms with E-state index in [9.17, 15) is 9.00 Å². The third-order valence-electron chi connectivity index (χ3n) is 13.8.